The fraction of sp³-hybridized carbons (Fsp3) is 0.515. The van der Waals surface area contributed by atoms with Crippen LogP contribution >= 0.6 is 18.9 Å². The molecular weight excluding hydrogens is 641 g/mol. The second kappa shape index (κ2) is 12.9. The number of pyridine rings is 1. The topological polar surface area (TPSA) is 153 Å². The van der Waals surface area contributed by atoms with Gasteiger partial charge >= 0.3 is 7.60 Å². The van der Waals surface area contributed by atoms with Crippen LogP contribution in [0.25, 0.3) is 10.1 Å². The monoisotopic (exact) mass is 681 g/mol. The first-order chi connectivity index (χ1) is 22.6. The number of thiophene rings is 1. The lowest BCUT2D eigenvalue weighted by Gasteiger charge is -2.44. The van der Waals surface area contributed by atoms with E-state index >= 15 is 0 Å². The van der Waals surface area contributed by atoms with Crippen molar-refractivity contribution in [1.82, 2.24) is 20.1 Å². The molecule has 7 rings (SSSR count). The van der Waals surface area contributed by atoms with Gasteiger partial charge < -0.3 is 34.5 Å². The molecule has 0 radical (unpaired) electrons. The Labute approximate surface area is 277 Å². The van der Waals surface area contributed by atoms with Crippen molar-refractivity contribution in [3.8, 4) is 0 Å². The van der Waals surface area contributed by atoms with Gasteiger partial charge in [0.15, 0.2) is 0 Å². The Bertz CT molecular complexity index is 1740. The van der Waals surface area contributed by atoms with Gasteiger partial charge in [-0.15, -0.1) is 11.3 Å². The van der Waals surface area contributed by atoms with E-state index in [1.807, 2.05) is 17.3 Å². The largest absolute Gasteiger partial charge is 0.377 e. The normalized spacial score (nSPS) is 25.4. The standard InChI is InChI=1S/C33H40N5O7PS/c1-20-18-45-12-11-37(20)27-9-10-34-15-25(27)23-16-36(17-23)33(41)28-7-6-24-3-2-4-26(32(40)38(24)28)35-31(39)30-14-22-13-21(19-46(42,43)44)5-8-29(22)47-30/h5,8-10,13-15,20,23-24,26,28H,2-4,6-7,11-12,16-19H2,1H3,(H,35,39)(H2,42,43,44)/t20-,24-,26-,28-/m0/s1. The van der Waals surface area contributed by atoms with Crippen molar-refractivity contribution < 1.29 is 33.5 Å². The Balaban J connectivity index is 1.01. The van der Waals surface area contributed by atoms with Crippen LogP contribution in [0, 0.1) is 0 Å². The van der Waals surface area contributed by atoms with Gasteiger partial charge in [-0.25, -0.2) is 0 Å². The molecule has 1 aromatic carbocycles. The predicted molar refractivity (Wildman–Crippen MR) is 178 cm³/mol. The van der Waals surface area contributed by atoms with Gasteiger partial charge in [-0.05, 0) is 74.2 Å². The average Bonchev–Trinajstić information content (AvgIpc) is 3.60. The van der Waals surface area contributed by atoms with Crippen molar-refractivity contribution in [1.29, 1.82) is 0 Å². The second-order valence-corrected chi connectivity index (χ2v) is 16.0. The number of likely N-dealkylation sites (tertiary alicyclic amines) is 1. The van der Waals surface area contributed by atoms with Gasteiger partial charge in [0.05, 0.1) is 24.3 Å². The van der Waals surface area contributed by atoms with Crippen LogP contribution in [0.3, 0.4) is 0 Å². The van der Waals surface area contributed by atoms with E-state index in [1.165, 1.54) is 11.3 Å². The molecule has 2 aromatic heterocycles. The summed E-state index contributed by atoms with van der Waals surface area (Å²) in [5, 5.41) is 3.66. The average molecular weight is 682 g/mol. The molecule has 6 heterocycles. The maximum absolute atomic E-state index is 14.0. The number of anilines is 1. The van der Waals surface area contributed by atoms with E-state index in [2.05, 4.69) is 28.2 Å². The molecule has 3 amide bonds. The zero-order valence-electron chi connectivity index (χ0n) is 26.3. The van der Waals surface area contributed by atoms with E-state index in [9.17, 15) is 28.7 Å². The van der Waals surface area contributed by atoms with Gasteiger partial charge in [0.1, 0.15) is 12.1 Å². The van der Waals surface area contributed by atoms with E-state index in [-0.39, 0.29) is 41.9 Å². The lowest BCUT2D eigenvalue weighted by molar-refractivity contribution is -0.148. The van der Waals surface area contributed by atoms with Crippen LogP contribution < -0.4 is 10.2 Å². The number of fused-ring (bicyclic) bond motifs is 2. The van der Waals surface area contributed by atoms with Crippen LogP contribution in [-0.2, 0) is 25.1 Å². The molecule has 0 aliphatic carbocycles. The zero-order valence-corrected chi connectivity index (χ0v) is 28.0. The van der Waals surface area contributed by atoms with Crippen molar-refractivity contribution in [3.63, 3.8) is 0 Å². The third kappa shape index (κ3) is 6.56. The highest BCUT2D eigenvalue weighted by Crippen LogP contribution is 2.41. The van der Waals surface area contributed by atoms with Crippen molar-refractivity contribution in [2.45, 2.75) is 75.3 Å². The minimum Gasteiger partial charge on any atom is -0.377 e. The quantitative estimate of drug-likeness (QED) is 0.319. The van der Waals surface area contributed by atoms with Crippen LogP contribution in [0.1, 0.15) is 65.7 Å². The Morgan fingerprint density at radius 3 is 2.74 bits per heavy atom. The molecule has 47 heavy (non-hydrogen) atoms. The van der Waals surface area contributed by atoms with E-state index in [1.54, 1.807) is 29.2 Å². The number of carbonyl (C=O) groups excluding carboxylic acids is 3. The highest BCUT2D eigenvalue weighted by molar-refractivity contribution is 7.50. The number of carbonyl (C=O) groups is 3. The third-order valence-electron chi connectivity index (χ3n) is 10.0. The van der Waals surface area contributed by atoms with Gasteiger partial charge in [-0.2, -0.15) is 0 Å². The summed E-state index contributed by atoms with van der Waals surface area (Å²) in [6.45, 7) is 5.50. The van der Waals surface area contributed by atoms with E-state index < -0.39 is 19.7 Å². The molecule has 4 fully saturated rings. The van der Waals surface area contributed by atoms with E-state index in [0.717, 1.165) is 41.8 Å². The molecule has 250 valence electrons. The summed E-state index contributed by atoms with van der Waals surface area (Å²) in [4.78, 5) is 70.7. The summed E-state index contributed by atoms with van der Waals surface area (Å²) in [6, 6.07) is 7.82. The third-order valence-corrected chi connectivity index (χ3v) is 11.9. The first kappa shape index (κ1) is 32.2. The highest BCUT2D eigenvalue weighted by atomic mass is 32.1. The lowest BCUT2D eigenvalue weighted by atomic mass is 9.89. The molecule has 4 saturated heterocycles. The first-order valence-electron chi connectivity index (χ1n) is 16.3. The van der Waals surface area contributed by atoms with Crippen molar-refractivity contribution >= 4 is 52.4 Å². The summed E-state index contributed by atoms with van der Waals surface area (Å²) < 4.78 is 17.9. The number of hydrogen-bond donors (Lipinski definition) is 3. The van der Waals surface area contributed by atoms with Gasteiger partial charge in [0, 0.05) is 66.0 Å². The number of benzene rings is 1. The summed E-state index contributed by atoms with van der Waals surface area (Å²) in [7, 11) is -4.22. The molecular formula is C33H40N5O7PS. The Morgan fingerprint density at radius 1 is 1.13 bits per heavy atom. The molecule has 14 heteroatoms. The Hall–Kier alpha value is -3.35. The summed E-state index contributed by atoms with van der Waals surface area (Å²) in [5.74, 6) is -0.412. The molecule has 4 atom stereocenters. The Kier molecular flexibility index (Phi) is 8.86. The number of aromatic nitrogens is 1. The maximum Gasteiger partial charge on any atom is 0.329 e. The molecule has 0 bridgehead atoms. The van der Waals surface area contributed by atoms with Gasteiger partial charge in [-0.3, -0.25) is 23.9 Å². The van der Waals surface area contributed by atoms with Gasteiger partial charge in [0.2, 0.25) is 11.8 Å². The minimum absolute atomic E-state index is 0.0140. The lowest BCUT2D eigenvalue weighted by Crippen LogP contribution is -2.58. The molecule has 0 spiro atoms. The van der Waals surface area contributed by atoms with Gasteiger partial charge in [-0.1, -0.05) is 6.07 Å². The number of amides is 3. The second-order valence-electron chi connectivity index (χ2n) is 13.2. The van der Waals surface area contributed by atoms with Crippen molar-refractivity contribution in [2.24, 2.45) is 0 Å². The van der Waals surface area contributed by atoms with Gasteiger partial charge in [0.25, 0.3) is 5.91 Å². The van der Waals surface area contributed by atoms with Crippen LogP contribution in [-0.4, -0.2) is 99.3 Å². The molecule has 12 nitrogen and oxygen atoms in total. The number of rotatable bonds is 7. The number of morpholine rings is 1. The van der Waals surface area contributed by atoms with Crippen LogP contribution in [0.4, 0.5) is 5.69 Å². The molecule has 3 N–H and O–H groups in total. The number of ether oxygens (including phenoxy) is 1. The molecule has 3 aromatic rings. The predicted octanol–water partition coefficient (Wildman–Crippen LogP) is 3.47. The maximum atomic E-state index is 14.0. The minimum atomic E-state index is -4.22. The fourth-order valence-electron chi connectivity index (χ4n) is 7.63. The Morgan fingerprint density at radius 2 is 1.96 bits per heavy atom. The molecule has 4 aliphatic rings. The molecule has 4 aliphatic heterocycles. The van der Waals surface area contributed by atoms with Crippen molar-refractivity contribution in [2.75, 3.05) is 37.7 Å². The van der Waals surface area contributed by atoms with Crippen LogP contribution in [0.5, 0.6) is 0 Å². The summed E-state index contributed by atoms with van der Waals surface area (Å²) >= 11 is 1.27. The molecule has 0 saturated carbocycles. The number of nitrogens with zero attached hydrogens (tertiary/aromatic N) is 4. The zero-order chi connectivity index (χ0) is 32.9. The van der Waals surface area contributed by atoms with Crippen LogP contribution in [0.15, 0.2) is 42.7 Å². The highest BCUT2D eigenvalue weighted by Gasteiger charge is 2.48. The van der Waals surface area contributed by atoms with E-state index in [4.69, 9.17) is 4.74 Å². The SMILES string of the molecule is C[C@H]1COCCN1c1ccncc1C1CN(C(=O)[C@@H]2CC[C@@H]3CCC[C@H](NC(=O)c4cc5cc(CP(=O)(O)O)ccc5s4)C(=O)N32)C1. The first-order valence-corrected chi connectivity index (χ1v) is 18.9. The van der Waals surface area contributed by atoms with Crippen LogP contribution in [0.2, 0.25) is 0 Å². The summed E-state index contributed by atoms with van der Waals surface area (Å²) in [6.07, 6.45) is 6.82. The van der Waals surface area contributed by atoms with E-state index in [0.29, 0.717) is 55.0 Å². The van der Waals surface area contributed by atoms with Crippen molar-refractivity contribution in [3.05, 3.63) is 58.7 Å². The number of hydrogen-bond acceptors (Lipinski definition) is 8. The summed E-state index contributed by atoms with van der Waals surface area (Å²) in [5.41, 5.74) is 2.78. The smallest absolute Gasteiger partial charge is 0.329 e. The fourth-order valence-corrected chi connectivity index (χ4v) is 9.25. The molecule has 0 unspecified atom stereocenters. The number of nitrogens with one attached hydrogen (secondary N) is 1.